The predicted octanol–water partition coefficient (Wildman–Crippen LogP) is 3.55. The molecule has 1 atom stereocenters. The van der Waals surface area contributed by atoms with Crippen LogP contribution in [0, 0.1) is 0 Å². The monoisotopic (exact) mass is 373 g/mol. The molecule has 0 saturated carbocycles. The topological polar surface area (TPSA) is 72.5 Å². The number of Topliss-reactive ketones (excluding diaryl/α,β-unsaturated/α-hetero) is 1. The highest BCUT2D eigenvalue weighted by Crippen LogP contribution is 2.14. The fraction of sp³-hybridized carbons (Fsp3) is 0.250. The molecule has 2 aromatic carbocycles. The molecule has 6 heteroatoms. The number of ether oxygens (including phenoxy) is 1. The molecule has 26 heavy (non-hydrogen) atoms. The van der Waals surface area contributed by atoms with Gasteiger partial charge in [-0.2, -0.15) is 0 Å². The van der Waals surface area contributed by atoms with Gasteiger partial charge in [0.2, 0.25) is 0 Å². The molecule has 0 radical (unpaired) electrons. The minimum Gasteiger partial charge on any atom is -0.453 e. The molecule has 2 aromatic rings. The maximum absolute atomic E-state index is 12.0. The van der Waals surface area contributed by atoms with Gasteiger partial charge in [0.05, 0.1) is 6.42 Å². The van der Waals surface area contributed by atoms with Crippen LogP contribution in [0.4, 0.5) is 0 Å². The van der Waals surface area contributed by atoms with Crippen molar-refractivity contribution in [3.63, 3.8) is 0 Å². The quantitative estimate of drug-likeness (QED) is 0.567. The fourth-order valence-electron chi connectivity index (χ4n) is 2.26. The summed E-state index contributed by atoms with van der Waals surface area (Å²) in [6.07, 6.45) is -0.982. The number of esters is 1. The Balaban J connectivity index is 1.74. The van der Waals surface area contributed by atoms with Crippen molar-refractivity contribution in [1.29, 1.82) is 0 Å². The van der Waals surface area contributed by atoms with Crippen LogP contribution < -0.4 is 5.32 Å². The lowest BCUT2D eigenvalue weighted by Crippen LogP contribution is -2.35. The number of ketones is 1. The van der Waals surface area contributed by atoms with E-state index in [1.807, 2.05) is 12.1 Å². The second kappa shape index (κ2) is 9.73. The molecule has 0 spiro atoms. The lowest BCUT2D eigenvalue weighted by molar-refractivity contribution is -0.154. The number of rotatable bonds is 8. The van der Waals surface area contributed by atoms with Crippen LogP contribution in [0.15, 0.2) is 54.6 Å². The molecule has 0 fully saturated rings. The van der Waals surface area contributed by atoms with Crippen molar-refractivity contribution in [3.8, 4) is 0 Å². The third-order valence-electron chi connectivity index (χ3n) is 3.74. The largest absolute Gasteiger partial charge is 0.453 e. The second-order valence-electron chi connectivity index (χ2n) is 5.73. The molecule has 1 amide bonds. The Kier molecular flexibility index (Phi) is 7.36. The van der Waals surface area contributed by atoms with Gasteiger partial charge in [-0.3, -0.25) is 14.4 Å². The molecule has 0 saturated heterocycles. The van der Waals surface area contributed by atoms with Gasteiger partial charge in [-0.25, -0.2) is 0 Å². The van der Waals surface area contributed by atoms with Crippen LogP contribution in [0.5, 0.6) is 0 Å². The normalized spacial score (nSPS) is 11.5. The Labute approximate surface area is 157 Å². The molecule has 1 N–H and O–H groups in total. The summed E-state index contributed by atoms with van der Waals surface area (Å²) >= 11 is 6.02. The Hall–Kier alpha value is -2.66. The van der Waals surface area contributed by atoms with Gasteiger partial charge in [0.15, 0.2) is 11.9 Å². The van der Waals surface area contributed by atoms with Gasteiger partial charge in [-0.05, 0) is 18.6 Å². The van der Waals surface area contributed by atoms with Gasteiger partial charge in [-0.15, -0.1) is 0 Å². The molecule has 0 aliphatic carbocycles. The van der Waals surface area contributed by atoms with Crippen molar-refractivity contribution >= 4 is 29.3 Å². The summed E-state index contributed by atoms with van der Waals surface area (Å²) in [5, 5.41) is 3.22. The Bertz CT molecular complexity index is 776. The molecule has 0 heterocycles. The fourth-order valence-corrected chi connectivity index (χ4v) is 2.46. The van der Waals surface area contributed by atoms with Gasteiger partial charge in [0, 0.05) is 23.6 Å². The summed E-state index contributed by atoms with van der Waals surface area (Å²) in [6, 6.07) is 15.9. The lowest BCUT2D eigenvalue weighted by Gasteiger charge is -2.14. The van der Waals surface area contributed by atoms with Crippen LogP contribution in [0.25, 0.3) is 0 Å². The summed E-state index contributed by atoms with van der Waals surface area (Å²) in [5.41, 5.74) is 1.32. The summed E-state index contributed by atoms with van der Waals surface area (Å²) in [7, 11) is 0. The van der Waals surface area contributed by atoms with Gasteiger partial charge in [0.25, 0.3) is 5.91 Å². The summed E-state index contributed by atoms with van der Waals surface area (Å²) < 4.78 is 5.08. The molecular formula is C20H20ClNO4. The van der Waals surface area contributed by atoms with E-state index >= 15 is 0 Å². The maximum Gasteiger partial charge on any atom is 0.307 e. The zero-order valence-electron chi connectivity index (χ0n) is 14.4. The molecule has 136 valence electrons. The van der Waals surface area contributed by atoms with Gasteiger partial charge in [0.1, 0.15) is 0 Å². The van der Waals surface area contributed by atoms with E-state index in [1.165, 1.54) is 6.92 Å². The highest BCUT2D eigenvalue weighted by atomic mass is 35.5. The number of halogens is 1. The number of carbonyl (C=O) groups excluding carboxylic acids is 3. The zero-order chi connectivity index (χ0) is 18.9. The molecule has 0 aromatic heterocycles. The molecule has 0 bridgehead atoms. The van der Waals surface area contributed by atoms with Crippen LogP contribution in [-0.4, -0.2) is 23.8 Å². The summed E-state index contributed by atoms with van der Waals surface area (Å²) in [4.78, 5) is 35.8. The minimum absolute atomic E-state index is 0.0385. The van der Waals surface area contributed by atoms with Crippen LogP contribution >= 0.6 is 11.6 Å². The lowest BCUT2D eigenvalue weighted by atomic mass is 10.1. The van der Waals surface area contributed by atoms with Crippen LogP contribution in [0.1, 0.15) is 35.7 Å². The molecule has 5 nitrogen and oxygen atoms in total. The number of benzene rings is 2. The summed E-state index contributed by atoms with van der Waals surface area (Å²) in [5.74, 6) is -1.15. The van der Waals surface area contributed by atoms with Crippen LogP contribution in [-0.2, 0) is 20.9 Å². The SMILES string of the molecule is C[C@H](OC(=O)CCC(=O)c1ccccc1)C(=O)NCc1ccccc1Cl. The third-order valence-corrected chi connectivity index (χ3v) is 4.11. The first-order valence-electron chi connectivity index (χ1n) is 8.26. The second-order valence-corrected chi connectivity index (χ2v) is 6.14. The van der Waals surface area contributed by atoms with Crippen LogP contribution in [0.3, 0.4) is 0 Å². The molecular weight excluding hydrogens is 354 g/mol. The average Bonchev–Trinajstić information content (AvgIpc) is 2.65. The predicted molar refractivity (Wildman–Crippen MR) is 98.9 cm³/mol. The Morgan fingerprint density at radius 1 is 1.00 bits per heavy atom. The molecule has 0 aliphatic rings. The number of nitrogens with one attached hydrogen (secondary N) is 1. The van der Waals surface area contributed by atoms with E-state index in [4.69, 9.17) is 16.3 Å². The number of carbonyl (C=O) groups is 3. The highest BCUT2D eigenvalue weighted by Gasteiger charge is 2.18. The van der Waals surface area contributed by atoms with Crippen molar-refractivity contribution in [2.24, 2.45) is 0 Å². The Morgan fingerprint density at radius 3 is 2.35 bits per heavy atom. The van der Waals surface area contributed by atoms with E-state index in [2.05, 4.69) is 5.32 Å². The minimum atomic E-state index is -0.947. The van der Waals surface area contributed by atoms with Crippen molar-refractivity contribution < 1.29 is 19.1 Å². The summed E-state index contributed by atoms with van der Waals surface area (Å²) in [6.45, 7) is 1.73. The van der Waals surface area contributed by atoms with Crippen molar-refractivity contribution in [2.45, 2.75) is 32.4 Å². The first kappa shape index (κ1) is 19.7. The first-order valence-corrected chi connectivity index (χ1v) is 8.64. The van der Waals surface area contributed by atoms with Crippen molar-refractivity contribution in [1.82, 2.24) is 5.32 Å². The van der Waals surface area contributed by atoms with Gasteiger partial charge >= 0.3 is 5.97 Å². The molecule has 2 rings (SSSR count). The van der Waals surface area contributed by atoms with Gasteiger partial charge < -0.3 is 10.1 Å². The van der Waals surface area contributed by atoms with E-state index < -0.39 is 18.0 Å². The number of hydrogen-bond acceptors (Lipinski definition) is 4. The maximum atomic E-state index is 12.0. The standard InChI is InChI=1S/C20H20ClNO4/c1-14(20(25)22-13-16-9-5-6-10-17(16)21)26-19(24)12-11-18(23)15-7-3-2-4-8-15/h2-10,14H,11-13H2,1H3,(H,22,25)/t14-/m0/s1. The number of hydrogen-bond donors (Lipinski definition) is 1. The average molecular weight is 374 g/mol. The first-order chi connectivity index (χ1) is 12.5. The van der Waals surface area contributed by atoms with Crippen molar-refractivity contribution in [2.75, 3.05) is 0 Å². The molecule has 0 unspecified atom stereocenters. The van der Waals surface area contributed by atoms with E-state index in [-0.39, 0.29) is 25.2 Å². The van der Waals surface area contributed by atoms with E-state index in [9.17, 15) is 14.4 Å². The van der Waals surface area contributed by atoms with Crippen LogP contribution in [0.2, 0.25) is 5.02 Å². The number of amides is 1. The third kappa shape index (κ3) is 6.01. The van der Waals surface area contributed by atoms with E-state index in [0.29, 0.717) is 10.6 Å². The van der Waals surface area contributed by atoms with E-state index in [1.54, 1.807) is 42.5 Å². The highest BCUT2D eigenvalue weighted by molar-refractivity contribution is 6.31. The zero-order valence-corrected chi connectivity index (χ0v) is 15.2. The Morgan fingerprint density at radius 2 is 1.65 bits per heavy atom. The van der Waals surface area contributed by atoms with E-state index in [0.717, 1.165) is 5.56 Å². The smallest absolute Gasteiger partial charge is 0.307 e. The van der Waals surface area contributed by atoms with Crippen molar-refractivity contribution in [3.05, 3.63) is 70.7 Å². The van der Waals surface area contributed by atoms with Gasteiger partial charge in [-0.1, -0.05) is 60.1 Å². The molecule has 0 aliphatic heterocycles.